The summed E-state index contributed by atoms with van der Waals surface area (Å²) in [6.45, 7) is 1.99. The maximum absolute atomic E-state index is 11.7. The minimum absolute atomic E-state index is 0.233. The molecule has 3 N–H and O–H groups in total. The van der Waals surface area contributed by atoms with Crippen LogP contribution in [0, 0.1) is 0 Å². The number of primary amides is 1. The van der Waals surface area contributed by atoms with E-state index in [9.17, 15) is 9.59 Å². The zero-order valence-electron chi connectivity index (χ0n) is 12.1. The van der Waals surface area contributed by atoms with Gasteiger partial charge in [0.1, 0.15) is 4.32 Å². The summed E-state index contributed by atoms with van der Waals surface area (Å²) >= 11 is 9.52. The number of amides is 2. The fourth-order valence-electron chi connectivity index (χ4n) is 1.79. The Morgan fingerprint density at radius 2 is 2.22 bits per heavy atom. The van der Waals surface area contributed by atoms with Crippen molar-refractivity contribution in [1.82, 2.24) is 5.32 Å². The Labute approximate surface area is 150 Å². The first-order valence-electron chi connectivity index (χ1n) is 6.53. The predicted molar refractivity (Wildman–Crippen MR) is 96.3 cm³/mol. The number of hydrogen-bond donors (Lipinski definition) is 2. The van der Waals surface area contributed by atoms with E-state index in [1.165, 1.54) is 11.8 Å². The highest BCUT2D eigenvalue weighted by atomic mass is 79.9. The van der Waals surface area contributed by atoms with Crippen molar-refractivity contribution in [2.24, 2.45) is 5.73 Å². The zero-order chi connectivity index (χ0) is 17.0. The molecule has 6 nitrogen and oxygen atoms in total. The van der Waals surface area contributed by atoms with E-state index in [4.69, 9.17) is 27.4 Å². The summed E-state index contributed by atoms with van der Waals surface area (Å²) in [5.41, 5.74) is 5.82. The molecule has 9 heteroatoms. The molecule has 1 aromatic carbocycles. The SMILES string of the molecule is CCOc1cc(C=C2SC(=S)NC2=O)cc(Br)c1OCC(N)=O. The molecule has 1 fully saturated rings. The number of nitrogens with one attached hydrogen (secondary N) is 1. The first kappa shape index (κ1) is 17.8. The minimum atomic E-state index is -0.585. The Bertz CT molecular complexity index is 706. The number of ether oxygens (including phenoxy) is 2. The number of thiocarbonyl (C=S) groups is 1. The van der Waals surface area contributed by atoms with Crippen LogP contribution in [0.1, 0.15) is 12.5 Å². The van der Waals surface area contributed by atoms with Crippen molar-refractivity contribution in [3.63, 3.8) is 0 Å². The van der Waals surface area contributed by atoms with Crippen LogP contribution >= 0.6 is 39.9 Å². The molecule has 0 aromatic heterocycles. The summed E-state index contributed by atoms with van der Waals surface area (Å²) < 4.78 is 11.9. The van der Waals surface area contributed by atoms with E-state index >= 15 is 0 Å². The molecule has 0 aliphatic carbocycles. The summed E-state index contributed by atoms with van der Waals surface area (Å²) in [5, 5.41) is 2.55. The molecule has 0 bridgehead atoms. The van der Waals surface area contributed by atoms with E-state index in [1.807, 2.05) is 6.92 Å². The second-order valence-corrected chi connectivity index (χ2v) is 6.94. The smallest absolute Gasteiger partial charge is 0.263 e. The Balaban J connectivity index is 2.35. The first-order chi connectivity index (χ1) is 10.9. The van der Waals surface area contributed by atoms with Crippen LogP contribution in [0.15, 0.2) is 21.5 Å². The highest BCUT2D eigenvalue weighted by Gasteiger charge is 2.22. The van der Waals surface area contributed by atoms with E-state index in [0.717, 1.165) is 5.56 Å². The molecular formula is C14H13BrN2O4S2. The second kappa shape index (κ2) is 7.80. The molecule has 0 unspecified atom stereocenters. The molecule has 0 saturated carbocycles. The molecule has 1 aliphatic heterocycles. The summed E-state index contributed by atoms with van der Waals surface area (Å²) in [5.74, 6) is 0.00836. The summed E-state index contributed by atoms with van der Waals surface area (Å²) in [6, 6.07) is 3.47. The van der Waals surface area contributed by atoms with Gasteiger partial charge in [-0.15, -0.1) is 0 Å². The van der Waals surface area contributed by atoms with Crippen molar-refractivity contribution in [3.8, 4) is 11.5 Å². The Morgan fingerprint density at radius 3 is 2.78 bits per heavy atom. The van der Waals surface area contributed by atoms with Crippen molar-refractivity contribution < 1.29 is 19.1 Å². The molecule has 1 heterocycles. The molecule has 2 amide bonds. The summed E-state index contributed by atoms with van der Waals surface area (Å²) in [6.07, 6.45) is 1.70. The van der Waals surface area contributed by atoms with Crippen molar-refractivity contribution in [3.05, 3.63) is 27.1 Å². The van der Waals surface area contributed by atoms with Crippen molar-refractivity contribution in [2.75, 3.05) is 13.2 Å². The average Bonchev–Trinajstić information content (AvgIpc) is 2.76. The first-order valence-corrected chi connectivity index (χ1v) is 8.54. The quantitative estimate of drug-likeness (QED) is 0.545. The second-order valence-electron chi connectivity index (χ2n) is 4.37. The molecular weight excluding hydrogens is 404 g/mol. The zero-order valence-corrected chi connectivity index (χ0v) is 15.3. The van der Waals surface area contributed by atoms with E-state index in [-0.39, 0.29) is 12.5 Å². The largest absolute Gasteiger partial charge is 0.490 e. The number of rotatable bonds is 6. The highest BCUT2D eigenvalue weighted by Crippen LogP contribution is 2.38. The van der Waals surface area contributed by atoms with Crippen molar-refractivity contribution >= 4 is 62.1 Å². The van der Waals surface area contributed by atoms with Crippen LogP contribution in [0.4, 0.5) is 0 Å². The fraction of sp³-hybridized carbons (Fsp3) is 0.214. The van der Waals surface area contributed by atoms with Crippen LogP contribution in [0.2, 0.25) is 0 Å². The van der Waals surface area contributed by atoms with Crippen LogP contribution in [0.25, 0.3) is 6.08 Å². The van der Waals surface area contributed by atoms with Crippen molar-refractivity contribution in [1.29, 1.82) is 0 Å². The topological polar surface area (TPSA) is 90.7 Å². The molecule has 1 aliphatic rings. The minimum Gasteiger partial charge on any atom is -0.490 e. The van der Waals surface area contributed by atoms with E-state index < -0.39 is 5.91 Å². The predicted octanol–water partition coefficient (Wildman–Crippen LogP) is 2.20. The van der Waals surface area contributed by atoms with Crippen LogP contribution in [0.3, 0.4) is 0 Å². The lowest BCUT2D eigenvalue weighted by molar-refractivity contribution is -0.120. The number of hydrogen-bond acceptors (Lipinski definition) is 6. The molecule has 23 heavy (non-hydrogen) atoms. The average molecular weight is 417 g/mol. The van der Waals surface area contributed by atoms with Gasteiger partial charge in [0, 0.05) is 0 Å². The molecule has 0 spiro atoms. The van der Waals surface area contributed by atoms with Gasteiger partial charge in [-0.1, -0.05) is 24.0 Å². The number of halogens is 1. The maximum Gasteiger partial charge on any atom is 0.263 e. The Hall–Kier alpha value is -1.58. The summed E-state index contributed by atoms with van der Waals surface area (Å²) in [7, 11) is 0. The Morgan fingerprint density at radius 1 is 1.48 bits per heavy atom. The van der Waals surface area contributed by atoms with Gasteiger partial charge in [0.25, 0.3) is 11.8 Å². The van der Waals surface area contributed by atoms with Crippen LogP contribution in [0.5, 0.6) is 11.5 Å². The van der Waals surface area contributed by atoms with Gasteiger partial charge in [-0.05, 0) is 46.6 Å². The molecule has 1 saturated heterocycles. The van der Waals surface area contributed by atoms with E-state index in [2.05, 4.69) is 21.2 Å². The lowest BCUT2D eigenvalue weighted by atomic mass is 10.2. The number of carbonyl (C=O) groups excluding carboxylic acids is 2. The molecule has 2 rings (SSSR count). The maximum atomic E-state index is 11.7. The van der Waals surface area contributed by atoms with Crippen LogP contribution in [-0.4, -0.2) is 29.3 Å². The highest BCUT2D eigenvalue weighted by molar-refractivity contribution is 9.10. The summed E-state index contributed by atoms with van der Waals surface area (Å²) in [4.78, 5) is 23.1. The number of thioether (sulfide) groups is 1. The van der Waals surface area contributed by atoms with Gasteiger partial charge in [-0.2, -0.15) is 0 Å². The van der Waals surface area contributed by atoms with E-state index in [0.29, 0.717) is 31.8 Å². The third-order valence-electron chi connectivity index (χ3n) is 2.63. The lowest BCUT2D eigenvalue weighted by Gasteiger charge is -2.13. The third-order valence-corrected chi connectivity index (χ3v) is 4.38. The molecule has 0 atom stereocenters. The monoisotopic (exact) mass is 416 g/mol. The Kier molecular flexibility index (Phi) is 6.03. The van der Waals surface area contributed by atoms with Gasteiger partial charge in [-0.25, -0.2) is 0 Å². The third kappa shape index (κ3) is 4.69. The normalized spacial score (nSPS) is 15.7. The van der Waals surface area contributed by atoms with Gasteiger partial charge in [0.05, 0.1) is 16.0 Å². The van der Waals surface area contributed by atoms with Gasteiger partial charge in [0.15, 0.2) is 18.1 Å². The fourth-order valence-corrected chi connectivity index (χ4v) is 3.41. The van der Waals surface area contributed by atoms with Gasteiger partial charge < -0.3 is 20.5 Å². The van der Waals surface area contributed by atoms with E-state index in [1.54, 1.807) is 18.2 Å². The van der Waals surface area contributed by atoms with Crippen LogP contribution < -0.4 is 20.5 Å². The van der Waals surface area contributed by atoms with Gasteiger partial charge >= 0.3 is 0 Å². The standard InChI is InChI=1S/C14H13BrN2O4S2/c1-2-20-9-4-7(5-10-13(19)17-14(22)23-10)3-8(15)12(9)21-6-11(16)18/h3-5H,2,6H2,1H3,(H2,16,18)(H,17,19,22). The molecule has 0 radical (unpaired) electrons. The lowest BCUT2D eigenvalue weighted by Crippen LogP contribution is -2.20. The number of carbonyl (C=O) groups is 2. The number of benzene rings is 1. The van der Waals surface area contributed by atoms with Gasteiger partial charge in [-0.3, -0.25) is 9.59 Å². The van der Waals surface area contributed by atoms with Crippen molar-refractivity contribution in [2.45, 2.75) is 6.92 Å². The van der Waals surface area contributed by atoms with Gasteiger partial charge in [0.2, 0.25) is 0 Å². The molecule has 1 aromatic rings. The molecule has 122 valence electrons. The number of nitrogens with two attached hydrogens (primary N) is 1. The van der Waals surface area contributed by atoms with Crippen LogP contribution in [-0.2, 0) is 9.59 Å².